The van der Waals surface area contributed by atoms with Crippen LogP contribution in [0.15, 0.2) is 22.7 Å². The van der Waals surface area contributed by atoms with Crippen molar-refractivity contribution >= 4 is 27.5 Å². The van der Waals surface area contributed by atoms with E-state index in [1.165, 1.54) is 0 Å². The third-order valence-electron chi connectivity index (χ3n) is 3.42. The average Bonchev–Trinajstić information content (AvgIpc) is 2.42. The fourth-order valence-corrected chi connectivity index (χ4v) is 2.87. The third-order valence-corrected chi connectivity index (χ3v) is 4.08. The average molecular weight is 337 g/mol. The Kier molecular flexibility index (Phi) is 4.99. The van der Waals surface area contributed by atoms with Crippen LogP contribution in [-0.4, -0.2) is 36.5 Å². The number of halogens is 1. The highest BCUT2D eigenvalue weighted by molar-refractivity contribution is 9.10. The van der Waals surface area contributed by atoms with Gasteiger partial charge >= 0.3 is 0 Å². The number of nitriles is 1. The summed E-state index contributed by atoms with van der Waals surface area (Å²) in [6.07, 6.45) is 1.94. The van der Waals surface area contributed by atoms with Crippen molar-refractivity contribution in [2.24, 2.45) is 5.73 Å². The fraction of sp³-hybridized carbons (Fsp3) is 0.429. The highest BCUT2D eigenvalue weighted by Crippen LogP contribution is 2.26. The minimum Gasteiger partial charge on any atom is -0.381 e. The summed E-state index contributed by atoms with van der Waals surface area (Å²) in [6, 6.07) is 8.02. The number of anilines is 1. The van der Waals surface area contributed by atoms with E-state index in [-0.39, 0.29) is 5.91 Å². The number of likely N-dealkylation sites (tertiary alicyclic amines) is 1. The quantitative estimate of drug-likeness (QED) is 0.876. The molecule has 1 fully saturated rings. The maximum absolute atomic E-state index is 10.9. The molecule has 0 spiro atoms. The second kappa shape index (κ2) is 6.73. The number of hydrogen-bond acceptors (Lipinski definition) is 4. The minimum absolute atomic E-state index is 0.272. The van der Waals surface area contributed by atoms with Crippen molar-refractivity contribution in [2.45, 2.75) is 18.9 Å². The van der Waals surface area contributed by atoms with Crippen LogP contribution >= 0.6 is 15.9 Å². The lowest BCUT2D eigenvalue weighted by Gasteiger charge is -2.32. The number of rotatable bonds is 4. The van der Waals surface area contributed by atoms with Gasteiger partial charge in [-0.15, -0.1) is 0 Å². The van der Waals surface area contributed by atoms with Gasteiger partial charge in [0.15, 0.2) is 0 Å². The number of nitrogens with two attached hydrogens (primary N) is 1. The zero-order valence-electron chi connectivity index (χ0n) is 11.1. The van der Waals surface area contributed by atoms with E-state index in [0.29, 0.717) is 18.2 Å². The van der Waals surface area contributed by atoms with Crippen LogP contribution in [0.2, 0.25) is 0 Å². The summed E-state index contributed by atoms with van der Waals surface area (Å²) in [7, 11) is 0. The van der Waals surface area contributed by atoms with Crippen molar-refractivity contribution in [3.05, 3.63) is 28.2 Å². The van der Waals surface area contributed by atoms with Gasteiger partial charge in [-0.05, 0) is 47.0 Å². The van der Waals surface area contributed by atoms with Crippen LogP contribution in [0.25, 0.3) is 0 Å². The number of nitrogens with one attached hydrogen (secondary N) is 1. The number of piperidine rings is 1. The highest BCUT2D eigenvalue weighted by atomic mass is 79.9. The largest absolute Gasteiger partial charge is 0.381 e. The third kappa shape index (κ3) is 3.95. The van der Waals surface area contributed by atoms with Gasteiger partial charge < -0.3 is 11.1 Å². The molecule has 106 valence electrons. The molecule has 6 heteroatoms. The molecule has 0 atom stereocenters. The first-order valence-corrected chi connectivity index (χ1v) is 7.34. The zero-order valence-corrected chi connectivity index (χ0v) is 12.7. The summed E-state index contributed by atoms with van der Waals surface area (Å²) in [5.41, 5.74) is 6.84. The maximum atomic E-state index is 10.9. The van der Waals surface area contributed by atoms with Gasteiger partial charge in [-0.3, -0.25) is 9.69 Å². The van der Waals surface area contributed by atoms with Crippen LogP contribution in [0.3, 0.4) is 0 Å². The van der Waals surface area contributed by atoms with Gasteiger partial charge in [-0.2, -0.15) is 5.26 Å². The van der Waals surface area contributed by atoms with Crippen molar-refractivity contribution in [3.63, 3.8) is 0 Å². The normalized spacial score (nSPS) is 16.6. The lowest BCUT2D eigenvalue weighted by Crippen LogP contribution is -2.42. The molecule has 0 aliphatic carbocycles. The molecule has 5 nitrogen and oxygen atoms in total. The number of amides is 1. The van der Waals surface area contributed by atoms with E-state index in [9.17, 15) is 4.79 Å². The molecule has 0 aromatic heterocycles. The van der Waals surface area contributed by atoms with Crippen LogP contribution < -0.4 is 11.1 Å². The molecule has 0 saturated carbocycles. The molecule has 20 heavy (non-hydrogen) atoms. The molecule has 1 aliphatic rings. The first-order chi connectivity index (χ1) is 9.58. The molecule has 0 unspecified atom stereocenters. The number of primary amides is 1. The molecule has 0 radical (unpaired) electrons. The molecule has 3 N–H and O–H groups in total. The van der Waals surface area contributed by atoms with E-state index in [4.69, 9.17) is 11.0 Å². The Labute approximate surface area is 126 Å². The first-order valence-electron chi connectivity index (χ1n) is 6.55. The Hall–Kier alpha value is -1.58. The molecule has 1 heterocycles. The van der Waals surface area contributed by atoms with Gasteiger partial charge in [0.05, 0.1) is 18.2 Å². The molecule has 1 saturated heterocycles. The van der Waals surface area contributed by atoms with Crippen molar-refractivity contribution < 1.29 is 4.79 Å². The Bertz CT molecular complexity index is 532. The van der Waals surface area contributed by atoms with Gasteiger partial charge in [-0.25, -0.2) is 0 Å². The predicted molar refractivity (Wildman–Crippen MR) is 81.1 cm³/mol. The van der Waals surface area contributed by atoms with Crippen molar-refractivity contribution in [2.75, 3.05) is 25.0 Å². The lowest BCUT2D eigenvalue weighted by molar-refractivity contribution is -0.119. The summed E-state index contributed by atoms with van der Waals surface area (Å²) in [5.74, 6) is -0.272. The summed E-state index contributed by atoms with van der Waals surface area (Å²) in [6.45, 7) is 2.08. The fourth-order valence-electron chi connectivity index (χ4n) is 2.38. The monoisotopic (exact) mass is 336 g/mol. The molecule has 1 amide bonds. The van der Waals surface area contributed by atoms with E-state index in [0.717, 1.165) is 36.1 Å². The van der Waals surface area contributed by atoms with E-state index >= 15 is 0 Å². The van der Waals surface area contributed by atoms with E-state index in [2.05, 4.69) is 32.2 Å². The van der Waals surface area contributed by atoms with Crippen LogP contribution in [0, 0.1) is 11.3 Å². The maximum Gasteiger partial charge on any atom is 0.231 e. The topological polar surface area (TPSA) is 82.2 Å². The first kappa shape index (κ1) is 14.8. The summed E-state index contributed by atoms with van der Waals surface area (Å²) < 4.78 is 0.899. The van der Waals surface area contributed by atoms with E-state index in [1.807, 2.05) is 12.1 Å². The SMILES string of the molecule is N#Cc1ccc(NC2CCN(CC(N)=O)CC2)c(Br)c1. The minimum atomic E-state index is -0.272. The lowest BCUT2D eigenvalue weighted by atomic mass is 10.0. The predicted octanol–water partition coefficient (Wildman–Crippen LogP) is 1.68. The molecule has 1 aromatic carbocycles. The second-order valence-electron chi connectivity index (χ2n) is 4.97. The Balaban J connectivity index is 1.90. The Morgan fingerprint density at radius 1 is 1.50 bits per heavy atom. The van der Waals surface area contributed by atoms with Gasteiger partial charge in [-0.1, -0.05) is 0 Å². The van der Waals surface area contributed by atoms with Crippen LogP contribution in [-0.2, 0) is 4.79 Å². The molecular weight excluding hydrogens is 320 g/mol. The molecule has 2 rings (SSSR count). The van der Waals surface area contributed by atoms with Crippen molar-refractivity contribution in [1.29, 1.82) is 5.26 Å². The molecule has 0 bridgehead atoms. The van der Waals surface area contributed by atoms with Crippen molar-refractivity contribution in [1.82, 2.24) is 4.90 Å². The van der Waals surface area contributed by atoms with Crippen LogP contribution in [0.1, 0.15) is 18.4 Å². The van der Waals surface area contributed by atoms with Gasteiger partial charge in [0.1, 0.15) is 0 Å². The van der Waals surface area contributed by atoms with Gasteiger partial charge in [0.2, 0.25) is 5.91 Å². The Morgan fingerprint density at radius 3 is 2.75 bits per heavy atom. The summed E-state index contributed by atoms with van der Waals surface area (Å²) in [4.78, 5) is 13.0. The number of nitrogens with zero attached hydrogens (tertiary/aromatic N) is 2. The zero-order chi connectivity index (χ0) is 14.5. The van der Waals surface area contributed by atoms with Crippen LogP contribution in [0.4, 0.5) is 5.69 Å². The number of carbonyl (C=O) groups is 1. The Morgan fingerprint density at radius 2 is 2.20 bits per heavy atom. The highest BCUT2D eigenvalue weighted by Gasteiger charge is 2.20. The number of benzene rings is 1. The molecule has 1 aliphatic heterocycles. The van der Waals surface area contributed by atoms with Gasteiger partial charge in [0, 0.05) is 29.3 Å². The smallest absolute Gasteiger partial charge is 0.231 e. The second-order valence-corrected chi connectivity index (χ2v) is 5.82. The standard InChI is InChI=1S/C14H17BrN4O/c15-12-7-10(8-16)1-2-13(12)18-11-3-5-19(6-4-11)9-14(17)20/h1-2,7,11,18H,3-6,9H2,(H2,17,20). The van der Waals surface area contributed by atoms with E-state index < -0.39 is 0 Å². The molecular formula is C14H17BrN4O. The summed E-state index contributed by atoms with van der Waals surface area (Å²) >= 11 is 3.47. The van der Waals surface area contributed by atoms with Crippen LogP contribution in [0.5, 0.6) is 0 Å². The summed E-state index contributed by atoms with van der Waals surface area (Å²) in [5, 5.41) is 12.3. The number of carbonyl (C=O) groups excluding carboxylic acids is 1. The number of hydrogen-bond donors (Lipinski definition) is 2. The van der Waals surface area contributed by atoms with Gasteiger partial charge in [0.25, 0.3) is 0 Å². The van der Waals surface area contributed by atoms with E-state index in [1.54, 1.807) is 6.07 Å². The molecule has 1 aromatic rings. The van der Waals surface area contributed by atoms with Crippen molar-refractivity contribution in [3.8, 4) is 6.07 Å².